The van der Waals surface area contributed by atoms with Crippen LogP contribution < -0.4 is 0 Å². The van der Waals surface area contributed by atoms with E-state index in [1.807, 2.05) is 5.51 Å². The summed E-state index contributed by atoms with van der Waals surface area (Å²) in [5.41, 5.74) is 12.2. The number of para-hydroxylation sites is 1. The van der Waals surface area contributed by atoms with Crippen molar-refractivity contribution >= 4 is 54.1 Å². The van der Waals surface area contributed by atoms with Gasteiger partial charge in [0, 0.05) is 21.9 Å². The van der Waals surface area contributed by atoms with Crippen LogP contribution in [-0.4, -0.2) is 9.55 Å². The van der Waals surface area contributed by atoms with Gasteiger partial charge in [-0.05, 0) is 69.4 Å². The Morgan fingerprint density at radius 2 is 1.54 bits per heavy atom. The molecule has 5 aromatic carbocycles. The van der Waals surface area contributed by atoms with Crippen molar-refractivity contribution in [1.29, 1.82) is 0 Å². The maximum absolute atomic E-state index is 4.49. The van der Waals surface area contributed by atoms with Crippen LogP contribution in [0.3, 0.4) is 0 Å². The van der Waals surface area contributed by atoms with E-state index in [-0.39, 0.29) is 5.41 Å². The molecule has 2 nitrogen and oxygen atoms in total. The maximum atomic E-state index is 4.49. The fraction of sp³-hybridized carbons (Fsp3) is 0.0938. The van der Waals surface area contributed by atoms with Gasteiger partial charge in [0.15, 0.2) is 0 Å². The lowest BCUT2D eigenvalue weighted by atomic mass is 9.82. The van der Waals surface area contributed by atoms with Crippen LogP contribution in [-0.2, 0) is 5.41 Å². The van der Waals surface area contributed by atoms with Gasteiger partial charge in [-0.15, -0.1) is 11.3 Å². The van der Waals surface area contributed by atoms with E-state index in [1.54, 1.807) is 11.3 Å². The predicted octanol–water partition coefficient (Wildman–Crippen LogP) is 8.85. The monoisotopic (exact) mass is 466 g/mol. The lowest BCUT2D eigenvalue weighted by Gasteiger charge is -2.22. The summed E-state index contributed by atoms with van der Waals surface area (Å²) >= 11 is 1.70. The molecule has 0 spiro atoms. The lowest BCUT2D eigenvalue weighted by Crippen LogP contribution is -2.15. The van der Waals surface area contributed by atoms with Crippen molar-refractivity contribution in [2.24, 2.45) is 0 Å². The largest absolute Gasteiger partial charge is 0.309 e. The third-order valence-electron chi connectivity index (χ3n) is 7.93. The Bertz CT molecular complexity index is 1990. The average molecular weight is 467 g/mol. The van der Waals surface area contributed by atoms with E-state index in [2.05, 4.69) is 114 Å². The highest BCUT2D eigenvalue weighted by Crippen LogP contribution is 2.53. The molecule has 0 fully saturated rings. The molecular weight excluding hydrogens is 444 g/mol. The van der Waals surface area contributed by atoms with E-state index >= 15 is 0 Å². The summed E-state index contributed by atoms with van der Waals surface area (Å²) < 4.78 is 3.65. The van der Waals surface area contributed by atoms with E-state index in [0.29, 0.717) is 0 Å². The smallest absolute Gasteiger partial charge is 0.0813 e. The zero-order valence-corrected chi connectivity index (χ0v) is 20.4. The molecule has 0 unspecified atom stereocenters. The number of rotatable bonds is 1. The number of fused-ring (bicyclic) bond motifs is 9. The number of aromatic nitrogens is 2. The highest BCUT2D eigenvalue weighted by atomic mass is 32.1. The van der Waals surface area contributed by atoms with Gasteiger partial charge in [0.25, 0.3) is 0 Å². The molecule has 1 aliphatic carbocycles. The van der Waals surface area contributed by atoms with E-state index in [0.717, 1.165) is 5.52 Å². The van der Waals surface area contributed by atoms with Crippen LogP contribution in [0.2, 0.25) is 0 Å². The van der Waals surface area contributed by atoms with E-state index in [9.17, 15) is 0 Å². The van der Waals surface area contributed by atoms with E-state index in [1.165, 1.54) is 65.2 Å². The lowest BCUT2D eigenvalue weighted by molar-refractivity contribution is 0.661. The van der Waals surface area contributed by atoms with Crippen molar-refractivity contribution in [3.63, 3.8) is 0 Å². The van der Waals surface area contributed by atoms with Gasteiger partial charge in [0.05, 0.1) is 26.8 Å². The van der Waals surface area contributed by atoms with Gasteiger partial charge < -0.3 is 4.57 Å². The van der Waals surface area contributed by atoms with Crippen LogP contribution in [0.15, 0.2) is 96.5 Å². The first-order valence-corrected chi connectivity index (χ1v) is 12.9. The molecule has 7 aromatic rings. The molecule has 8 rings (SSSR count). The molecule has 0 saturated heterocycles. The zero-order chi connectivity index (χ0) is 23.3. The van der Waals surface area contributed by atoms with Crippen LogP contribution >= 0.6 is 11.3 Å². The van der Waals surface area contributed by atoms with Gasteiger partial charge in [0.1, 0.15) is 0 Å². The Morgan fingerprint density at radius 1 is 0.714 bits per heavy atom. The highest BCUT2D eigenvalue weighted by Gasteiger charge is 2.37. The van der Waals surface area contributed by atoms with Crippen molar-refractivity contribution in [1.82, 2.24) is 9.55 Å². The number of hydrogen-bond acceptors (Lipinski definition) is 2. The summed E-state index contributed by atoms with van der Waals surface area (Å²) in [6.07, 6.45) is 0. The number of nitrogens with zero attached hydrogens (tertiary/aromatic N) is 2. The second-order valence-electron chi connectivity index (χ2n) is 10.1. The molecule has 2 heterocycles. The molecule has 0 saturated carbocycles. The maximum Gasteiger partial charge on any atom is 0.0813 e. The minimum atomic E-state index is -0.0637. The molecule has 0 radical (unpaired) electrons. The summed E-state index contributed by atoms with van der Waals surface area (Å²) in [6.45, 7) is 4.74. The molecule has 1 aliphatic rings. The molecule has 166 valence electrons. The van der Waals surface area contributed by atoms with E-state index in [4.69, 9.17) is 0 Å². The van der Waals surface area contributed by atoms with Crippen molar-refractivity contribution in [3.8, 4) is 16.8 Å². The minimum absolute atomic E-state index is 0.0637. The first-order valence-electron chi connectivity index (χ1n) is 12.1. The standard InChI is InChI=1S/C32H22N2S/c1-32(2)25-13-11-19-7-3-4-8-21(19)31(25)24-16-23-22-9-5-6-10-28(22)34(29(23)17-26(24)32)20-12-14-27-30(15-20)35-18-33-27/h3-18H,1-2H3. The fourth-order valence-corrected chi connectivity index (χ4v) is 6.94. The topological polar surface area (TPSA) is 17.8 Å². The van der Waals surface area contributed by atoms with Crippen molar-refractivity contribution < 1.29 is 0 Å². The molecule has 0 amide bonds. The van der Waals surface area contributed by atoms with Gasteiger partial charge >= 0.3 is 0 Å². The van der Waals surface area contributed by atoms with Gasteiger partial charge in [-0.2, -0.15) is 0 Å². The number of benzene rings is 5. The first-order chi connectivity index (χ1) is 17.1. The molecule has 2 aromatic heterocycles. The fourth-order valence-electron chi connectivity index (χ4n) is 6.23. The second-order valence-corrected chi connectivity index (χ2v) is 11.0. The Hall–Kier alpha value is -3.95. The van der Waals surface area contributed by atoms with Gasteiger partial charge in [0.2, 0.25) is 0 Å². The third-order valence-corrected chi connectivity index (χ3v) is 8.72. The Kier molecular flexibility index (Phi) is 3.64. The Labute approximate surface area is 207 Å². The average Bonchev–Trinajstić information content (AvgIpc) is 3.54. The number of thiazole rings is 1. The van der Waals surface area contributed by atoms with Crippen LogP contribution in [0, 0.1) is 0 Å². The van der Waals surface area contributed by atoms with Crippen molar-refractivity contribution in [2.45, 2.75) is 19.3 Å². The molecule has 3 heteroatoms. The molecular formula is C32H22N2S. The van der Waals surface area contributed by atoms with Crippen LogP contribution in [0.5, 0.6) is 0 Å². The van der Waals surface area contributed by atoms with Crippen LogP contribution in [0.1, 0.15) is 25.0 Å². The van der Waals surface area contributed by atoms with E-state index < -0.39 is 0 Å². The number of hydrogen-bond donors (Lipinski definition) is 0. The quantitative estimate of drug-likeness (QED) is 0.236. The minimum Gasteiger partial charge on any atom is -0.309 e. The molecule has 0 N–H and O–H groups in total. The van der Waals surface area contributed by atoms with Gasteiger partial charge in [-0.1, -0.05) is 68.4 Å². The Balaban J connectivity index is 1.52. The molecule has 35 heavy (non-hydrogen) atoms. The normalized spacial score (nSPS) is 14.2. The van der Waals surface area contributed by atoms with Crippen LogP contribution in [0.4, 0.5) is 0 Å². The summed E-state index contributed by atoms with van der Waals surface area (Å²) in [6, 6.07) is 33.7. The first kappa shape index (κ1) is 19.4. The summed E-state index contributed by atoms with van der Waals surface area (Å²) in [4.78, 5) is 4.49. The molecule has 0 aliphatic heterocycles. The SMILES string of the molecule is CC1(C)c2cc3c(cc2-c2c1ccc1ccccc21)c1ccccc1n3-c1ccc2ncsc2c1. The van der Waals surface area contributed by atoms with Crippen molar-refractivity contribution in [2.75, 3.05) is 0 Å². The summed E-state index contributed by atoms with van der Waals surface area (Å²) in [5, 5.41) is 5.24. The summed E-state index contributed by atoms with van der Waals surface area (Å²) in [7, 11) is 0. The highest BCUT2D eigenvalue weighted by molar-refractivity contribution is 7.16. The molecule has 0 bridgehead atoms. The third kappa shape index (κ3) is 2.46. The van der Waals surface area contributed by atoms with Gasteiger partial charge in [-0.25, -0.2) is 4.98 Å². The molecule has 0 atom stereocenters. The van der Waals surface area contributed by atoms with Crippen molar-refractivity contribution in [3.05, 3.63) is 108 Å². The zero-order valence-electron chi connectivity index (χ0n) is 19.5. The second kappa shape index (κ2) is 6.59. The van der Waals surface area contributed by atoms with Gasteiger partial charge in [-0.3, -0.25) is 0 Å². The Morgan fingerprint density at radius 3 is 2.46 bits per heavy atom. The predicted molar refractivity (Wildman–Crippen MR) is 149 cm³/mol. The summed E-state index contributed by atoms with van der Waals surface area (Å²) in [5.74, 6) is 0. The van der Waals surface area contributed by atoms with Crippen LogP contribution in [0.25, 0.3) is 59.6 Å².